The molecule has 0 aliphatic heterocycles. The van der Waals surface area contributed by atoms with Crippen molar-refractivity contribution < 1.29 is 14.6 Å². The average molecular weight is 412 g/mol. The maximum absolute atomic E-state index is 12.1. The van der Waals surface area contributed by atoms with E-state index in [0.29, 0.717) is 13.0 Å². The first-order valence-corrected chi connectivity index (χ1v) is 11.5. The van der Waals surface area contributed by atoms with Gasteiger partial charge in [0.25, 0.3) is 0 Å². The number of amides is 1. The summed E-state index contributed by atoms with van der Waals surface area (Å²) in [6.45, 7) is 2.86. The number of carbonyl (C=O) groups is 1. The fraction of sp³-hybridized carbons (Fsp3) is 0.500. The molecule has 0 radical (unpaired) electrons. The minimum Gasteiger partial charge on any atom is -0.508 e. The van der Waals surface area contributed by atoms with E-state index in [0.717, 1.165) is 37.1 Å². The molecule has 30 heavy (non-hydrogen) atoms. The van der Waals surface area contributed by atoms with Gasteiger partial charge in [0.05, 0.1) is 6.61 Å². The van der Waals surface area contributed by atoms with Crippen LogP contribution in [0.15, 0.2) is 48.5 Å². The van der Waals surface area contributed by atoms with E-state index in [2.05, 4.69) is 24.4 Å². The summed E-state index contributed by atoms with van der Waals surface area (Å²) < 4.78 is 5.62. The molecule has 2 N–H and O–H groups in total. The lowest BCUT2D eigenvalue weighted by molar-refractivity contribution is -0.116. The number of hydrogen-bond donors (Lipinski definition) is 2. The van der Waals surface area contributed by atoms with Crippen LogP contribution in [0.2, 0.25) is 0 Å². The zero-order valence-corrected chi connectivity index (χ0v) is 18.4. The summed E-state index contributed by atoms with van der Waals surface area (Å²) in [5.74, 6) is 1.06. The Balaban J connectivity index is 1.52. The number of phenolic OH excluding ortho intramolecular Hbond substituents is 1. The number of aryl methyl sites for hydroxylation is 1. The van der Waals surface area contributed by atoms with Gasteiger partial charge in [-0.05, 0) is 74.1 Å². The van der Waals surface area contributed by atoms with Crippen LogP contribution in [0.3, 0.4) is 0 Å². The van der Waals surface area contributed by atoms with Crippen LogP contribution in [-0.2, 0) is 11.2 Å². The zero-order chi connectivity index (χ0) is 21.4. The molecular formula is C26H37NO3. The highest BCUT2D eigenvalue weighted by Crippen LogP contribution is 2.17. The van der Waals surface area contributed by atoms with Crippen LogP contribution >= 0.6 is 0 Å². The summed E-state index contributed by atoms with van der Waals surface area (Å²) in [4.78, 5) is 12.1. The minimum atomic E-state index is 0.0677. The molecule has 1 amide bonds. The Morgan fingerprint density at radius 2 is 1.50 bits per heavy atom. The van der Waals surface area contributed by atoms with Crippen molar-refractivity contribution in [3.8, 4) is 11.5 Å². The summed E-state index contributed by atoms with van der Waals surface area (Å²) in [6, 6.07) is 15.0. The lowest BCUT2D eigenvalue weighted by atomic mass is 10.0. The molecule has 0 saturated heterocycles. The Labute approximate surface area is 181 Å². The number of benzene rings is 2. The molecule has 164 valence electrons. The minimum absolute atomic E-state index is 0.0677. The lowest BCUT2D eigenvalue weighted by Gasteiger charge is -2.08. The molecule has 0 saturated carbocycles. The van der Waals surface area contributed by atoms with Crippen molar-refractivity contribution in [2.45, 2.75) is 77.6 Å². The van der Waals surface area contributed by atoms with Gasteiger partial charge in [0.15, 0.2) is 0 Å². The van der Waals surface area contributed by atoms with Crippen LogP contribution in [-0.4, -0.2) is 17.6 Å². The second-order valence-electron chi connectivity index (χ2n) is 7.92. The van der Waals surface area contributed by atoms with E-state index in [-0.39, 0.29) is 11.7 Å². The second kappa shape index (κ2) is 14.5. The molecule has 0 atom stereocenters. The fourth-order valence-corrected chi connectivity index (χ4v) is 3.38. The molecule has 0 aromatic heterocycles. The molecule has 4 nitrogen and oxygen atoms in total. The predicted molar refractivity (Wildman–Crippen MR) is 124 cm³/mol. The normalized spacial score (nSPS) is 10.7. The molecular weight excluding hydrogens is 374 g/mol. The van der Waals surface area contributed by atoms with Crippen LogP contribution in [0.25, 0.3) is 0 Å². The number of nitrogens with one attached hydrogen (secondary N) is 1. The highest BCUT2D eigenvalue weighted by atomic mass is 16.5. The van der Waals surface area contributed by atoms with Gasteiger partial charge in [-0.15, -0.1) is 0 Å². The number of anilines is 1. The molecule has 0 spiro atoms. The van der Waals surface area contributed by atoms with Gasteiger partial charge in [-0.3, -0.25) is 4.79 Å². The largest absolute Gasteiger partial charge is 0.508 e. The first kappa shape index (κ1) is 23.8. The molecule has 0 aliphatic carbocycles. The SMILES string of the molecule is CCCCCCCCc1ccc(NC(=O)CCCCCOc2ccc(O)cc2)cc1. The number of ether oxygens (including phenoxy) is 1. The van der Waals surface area contributed by atoms with Crippen molar-refractivity contribution in [3.05, 3.63) is 54.1 Å². The highest BCUT2D eigenvalue weighted by molar-refractivity contribution is 5.90. The third-order valence-corrected chi connectivity index (χ3v) is 5.21. The van der Waals surface area contributed by atoms with E-state index in [1.807, 2.05) is 12.1 Å². The molecule has 2 rings (SSSR count). The fourth-order valence-electron chi connectivity index (χ4n) is 3.38. The Hall–Kier alpha value is -2.49. The zero-order valence-electron chi connectivity index (χ0n) is 18.4. The summed E-state index contributed by atoms with van der Waals surface area (Å²) >= 11 is 0. The lowest BCUT2D eigenvalue weighted by Crippen LogP contribution is -2.11. The Kier molecular flexibility index (Phi) is 11.5. The molecule has 0 bridgehead atoms. The molecule has 2 aromatic carbocycles. The Bertz CT molecular complexity index is 710. The van der Waals surface area contributed by atoms with Gasteiger partial charge < -0.3 is 15.2 Å². The number of phenols is 1. The van der Waals surface area contributed by atoms with E-state index in [9.17, 15) is 9.90 Å². The third-order valence-electron chi connectivity index (χ3n) is 5.21. The van der Waals surface area contributed by atoms with Crippen LogP contribution < -0.4 is 10.1 Å². The van der Waals surface area contributed by atoms with E-state index in [4.69, 9.17) is 4.74 Å². The Morgan fingerprint density at radius 3 is 2.23 bits per heavy atom. The topological polar surface area (TPSA) is 58.6 Å². The van der Waals surface area contributed by atoms with Crippen molar-refractivity contribution in [1.29, 1.82) is 0 Å². The maximum Gasteiger partial charge on any atom is 0.224 e. The standard InChI is InChI=1S/C26H37NO3/c1-2-3-4-5-6-8-11-22-13-15-23(16-14-22)27-26(29)12-9-7-10-21-30-25-19-17-24(28)18-20-25/h13-20,28H,2-12,21H2,1H3,(H,27,29). The smallest absolute Gasteiger partial charge is 0.224 e. The molecule has 0 heterocycles. The van der Waals surface area contributed by atoms with Crippen molar-refractivity contribution in [3.63, 3.8) is 0 Å². The average Bonchev–Trinajstić information content (AvgIpc) is 2.75. The van der Waals surface area contributed by atoms with Gasteiger partial charge in [0.1, 0.15) is 11.5 Å². The molecule has 0 fully saturated rings. The van der Waals surface area contributed by atoms with Crippen LogP contribution in [0.5, 0.6) is 11.5 Å². The first-order chi connectivity index (χ1) is 14.7. The van der Waals surface area contributed by atoms with Crippen LogP contribution in [0.1, 0.15) is 76.7 Å². The van der Waals surface area contributed by atoms with Gasteiger partial charge in [-0.1, -0.05) is 51.2 Å². The van der Waals surface area contributed by atoms with Crippen molar-refractivity contribution in [1.82, 2.24) is 0 Å². The Morgan fingerprint density at radius 1 is 0.833 bits per heavy atom. The van der Waals surface area contributed by atoms with Crippen LogP contribution in [0.4, 0.5) is 5.69 Å². The van der Waals surface area contributed by atoms with Crippen molar-refractivity contribution in [2.24, 2.45) is 0 Å². The second-order valence-corrected chi connectivity index (χ2v) is 7.92. The van der Waals surface area contributed by atoms with E-state index in [1.165, 1.54) is 44.1 Å². The monoisotopic (exact) mass is 411 g/mol. The van der Waals surface area contributed by atoms with Gasteiger partial charge in [0, 0.05) is 12.1 Å². The number of aromatic hydroxyl groups is 1. The highest BCUT2D eigenvalue weighted by Gasteiger charge is 2.03. The van der Waals surface area contributed by atoms with Crippen molar-refractivity contribution in [2.75, 3.05) is 11.9 Å². The number of rotatable bonds is 15. The summed E-state index contributed by atoms with van der Waals surface area (Å²) in [7, 11) is 0. The third kappa shape index (κ3) is 10.3. The van der Waals surface area contributed by atoms with Gasteiger partial charge >= 0.3 is 0 Å². The van der Waals surface area contributed by atoms with Gasteiger partial charge in [0.2, 0.25) is 5.91 Å². The maximum atomic E-state index is 12.1. The van der Waals surface area contributed by atoms with Crippen LogP contribution in [0, 0.1) is 0 Å². The quantitative estimate of drug-likeness (QED) is 0.314. The molecule has 4 heteroatoms. The van der Waals surface area contributed by atoms with Gasteiger partial charge in [-0.2, -0.15) is 0 Å². The molecule has 2 aromatic rings. The molecule has 0 aliphatic rings. The number of unbranched alkanes of at least 4 members (excludes halogenated alkanes) is 7. The number of carbonyl (C=O) groups excluding carboxylic acids is 1. The van der Waals surface area contributed by atoms with Gasteiger partial charge in [-0.25, -0.2) is 0 Å². The summed E-state index contributed by atoms with van der Waals surface area (Å²) in [6.07, 6.45) is 12.2. The van der Waals surface area contributed by atoms with E-state index >= 15 is 0 Å². The molecule has 0 unspecified atom stereocenters. The first-order valence-electron chi connectivity index (χ1n) is 11.5. The summed E-state index contributed by atoms with van der Waals surface area (Å²) in [5, 5.41) is 12.2. The predicted octanol–water partition coefficient (Wildman–Crippen LogP) is 6.87. The van der Waals surface area contributed by atoms with Crippen molar-refractivity contribution >= 4 is 11.6 Å². The van der Waals surface area contributed by atoms with E-state index < -0.39 is 0 Å². The number of hydrogen-bond acceptors (Lipinski definition) is 3. The summed E-state index contributed by atoms with van der Waals surface area (Å²) in [5.41, 5.74) is 2.22. The van der Waals surface area contributed by atoms with E-state index in [1.54, 1.807) is 24.3 Å².